The topological polar surface area (TPSA) is 52.6 Å². The fourth-order valence-corrected chi connectivity index (χ4v) is 2.37. The van der Waals surface area contributed by atoms with Crippen molar-refractivity contribution >= 4 is 12.1 Å². The Bertz CT molecular complexity index is 627. The summed E-state index contributed by atoms with van der Waals surface area (Å²) in [6, 6.07) is 14.4. The molecule has 0 N–H and O–H groups in total. The molecule has 22 heavy (non-hydrogen) atoms. The molecule has 0 fully saturated rings. The first-order chi connectivity index (χ1) is 10.7. The number of carbonyl (C=O) groups is 2. The first kappa shape index (κ1) is 15.8. The van der Waals surface area contributed by atoms with E-state index in [1.165, 1.54) is 14.2 Å². The second kappa shape index (κ2) is 7.41. The van der Waals surface area contributed by atoms with Crippen molar-refractivity contribution in [1.29, 1.82) is 0 Å². The van der Waals surface area contributed by atoms with Gasteiger partial charge in [-0.15, -0.1) is 0 Å². The van der Waals surface area contributed by atoms with Crippen molar-refractivity contribution in [3.05, 3.63) is 59.7 Å². The van der Waals surface area contributed by atoms with Crippen LogP contribution in [0.3, 0.4) is 0 Å². The Labute approximate surface area is 129 Å². The van der Waals surface area contributed by atoms with Crippen molar-refractivity contribution < 1.29 is 19.1 Å². The van der Waals surface area contributed by atoms with E-state index in [2.05, 4.69) is 0 Å². The minimum atomic E-state index is -0.483. The molecule has 0 bridgehead atoms. The molecular weight excluding hydrogens is 280 g/mol. The third-order valence-corrected chi connectivity index (χ3v) is 3.50. The predicted octanol–water partition coefficient (Wildman–Crippen LogP) is 3.26. The summed E-state index contributed by atoms with van der Waals surface area (Å²) >= 11 is 0. The van der Waals surface area contributed by atoms with E-state index < -0.39 is 5.92 Å². The number of methoxy groups -OCH3 is 2. The minimum absolute atomic E-state index is 0.0737. The molecule has 0 saturated carbocycles. The Balaban J connectivity index is 2.30. The van der Waals surface area contributed by atoms with E-state index in [1.54, 1.807) is 18.2 Å². The van der Waals surface area contributed by atoms with E-state index in [4.69, 9.17) is 9.47 Å². The lowest BCUT2D eigenvalue weighted by atomic mass is 9.92. The molecule has 1 atom stereocenters. The van der Waals surface area contributed by atoms with Gasteiger partial charge in [-0.3, -0.25) is 4.79 Å². The molecule has 0 amide bonds. The van der Waals surface area contributed by atoms with Crippen LogP contribution in [0.4, 0.5) is 0 Å². The van der Waals surface area contributed by atoms with Crippen LogP contribution in [0, 0.1) is 0 Å². The zero-order chi connectivity index (χ0) is 15.9. The molecule has 0 saturated heterocycles. The standard InChI is InChI=1S/C18H18O4/c1-21-16-9-6-10-17(22-2)18(16)15(20)11-14(12-19)13-7-4-3-5-8-13/h3-10,12,14H,11H2,1-2H3. The molecule has 0 aliphatic rings. The Morgan fingerprint density at radius 1 is 1.00 bits per heavy atom. The summed E-state index contributed by atoms with van der Waals surface area (Å²) < 4.78 is 10.5. The first-order valence-electron chi connectivity index (χ1n) is 6.95. The summed E-state index contributed by atoms with van der Waals surface area (Å²) in [6.45, 7) is 0. The van der Waals surface area contributed by atoms with Crippen molar-refractivity contribution in [3.63, 3.8) is 0 Å². The molecular formula is C18H18O4. The maximum Gasteiger partial charge on any atom is 0.171 e. The van der Waals surface area contributed by atoms with Crippen LogP contribution < -0.4 is 9.47 Å². The average molecular weight is 298 g/mol. The SMILES string of the molecule is COc1cccc(OC)c1C(=O)CC(C=O)c1ccccc1. The van der Waals surface area contributed by atoms with Gasteiger partial charge in [0.25, 0.3) is 0 Å². The highest BCUT2D eigenvalue weighted by molar-refractivity contribution is 6.02. The summed E-state index contributed by atoms with van der Waals surface area (Å²) in [6.07, 6.45) is 0.874. The molecule has 0 heterocycles. The Morgan fingerprint density at radius 2 is 1.59 bits per heavy atom. The van der Waals surface area contributed by atoms with Gasteiger partial charge in [0, 0.05) is 12.3 Å². The third kappa shape index (κ3) is 3.34. The van der Waals surface area contributed by atoms with Gasteiger partial charge >= 0.3 is 0 Å². The van der Waals surface area contributed by atoms with E-state index in [9.17, 15) is 9.59 Å². The molecule has 0 aliphatic carbocycles. The monoisotopic (exact) mass is 298 g/mol. The number of benzene rings is 2. The Kier molecular flexibility index (Phi) is 5.31. The number of hydrogen-bond acceptors (Lipinski definition) is 4. The van der Waals surface area contributed by atoms with Crippen LogP contribution in [0.15, 0.2) is 48.5 Å². The van der Waals surface area contributed by atoms with E-state index in [-0.39, 0.29) is 12.2 Å². The lowest BCUT2D eigenvalue weighted by Crippen LogP contribution is -2.11. The molecule has 4 heteroatoms. The van der Waals surface area contributed by atoms with E-state index in [1.807, 2.05) is 30.3 Å². The quantitative estimate of drug-likeness (QED) is 0.581. The summed E-state index contributed by atoms with van der Waals surface area (Å²) in [5.74, 6) is 0.225. The molecule has 2 aromatic rings. The van der Waals surface area contributed by atoms with Crippen LogP contribution >= 0.6 is 0 Å². The molecule has 0 radical (unpaired) electrons. The summed E-state index contributed by atoms with van der Waals surface area (Å²) in [7, 11) is 3.00. The van der Waals surface area contributed by atoms with Gasteiger partial charge in [-0.2, -0.15) is 0 Å². The van der Waals surface area contributed by atoms with Crippen LogP contribution in [0.1, 0.15) is 28.3 Å². The second-order valence-corrected chi connectivity index (χ2v) is 4.82. The van der Waals surface area contributed by atoms with E-state index >= 15 is 0 Å². The second-order valence-electron chi connectivity index (χ2n) is 4.82. The molecule has 0 spiro atoms. The number of carbonyl (C=O) groups excluding carboxylic acids is 2. The summed E-state index contributed by atoms with van der Waals surface area (Å²) in [5, 5.41) is 0. The Hall–Kier alpha value is -2.62. The lowest BCUT2D eigenvalue weighted by molar-refractivity contribution is -0.109. The first-order valence-corrected chi connectivity index (χ1v) is 6.95. The Morgan fingerprint density at radius 3 is 2.09 bits per heavy atom. The molecule has 2 rings (SSSR count). The van der Waals surface area contributed by atoms with Gasteiger partial charge in [0.05, 0.1) is 14.2 Å². The van der Waals surface area contributed by atoms with E-state index in [0.29, 0.717) is 17.1 Å². The van der Waals surface area contributed by atoms with Crippen molar-refractivity contribution in [2.75, 3.05) is 14.2 Å². The van der Waals surface area contributed by atoms with E-state index in [0.717, 1.165) is 11.8 Å². The normalized spacial score (nSPS) is 11.5. The number of rotatable bonds is 7. The highest BCUT2D eigenvalue weighted by Gasteiger charge is 2.22. The van der Waals surface area contributed by atoms with Gasteiger partial charge in [0.15, 0.2) is 5.78 Å². The van der Waals surface area contributed by atoms with Gasteiger partial charge < -0.3 is 14.3 Å². The highest BCUT2D eigenvalue weighted by atomic mass is 16.5. The predicted molar refractivity (Wildman–Crippen MR) is 83.7 cm³/mol. The van der Waals surface area contributed by atoms with Gasteiger partial charge in [0.1, 0.15) is 23.3 Å². The van der Waals surface area contributed by atoms with Crippen LogP contribution in [0.5, 0.6) is 11.5 Å². The highest BCUT2D eigenvalue weighted by Crippen LogP contribution is 2.31. The van der Waals surface area contributed by atoms with Crippen LogP contribution in [0.2, 0.25) is 0 Å². The molecule has 0 aliphatic heterocycles. The largest absolute Gasteiger partial charge is 0.496 e. The van der Waals surface area contributed by atoms with Gasteiger partial charge in [-0.05, 0) is 17.7 Å². The zero-order valence-electron chi connectivity index (χ0n) is 12.6. The summed E-state index contributed by atoms with van der Waals surface area (Å²) in [5.41, 5.74) is 1.19. The van der Waals surface area contributed by atoms with Crippen molar-refractivity contribution in [3.8, 4) is 11.5 Å². The maximum absolute atomic E-state index is 12.6. The number of ketones is 1. The fourth-order valence-electron chi connectivity index (χ4n) is 2.37. The lowest BCUT2D eigenvalue weighted by Gasteiger charge is -2.14. The minimum Gasteiger partial charge on any atom is -0.496 e. The molecule has 4 nitrogen and oxygen atoms in total. The van der Waals surface area contributed by atoms with Crippen LogP contribution in [0.25, 0.3) is 0 Å². The molecule has 114 valence electrons. The number of ether oxygens (including phenoxy) is 2. The van der Waals surface area contributed by atoms with Gasteiger partial charge in [-0.25, -0.2) is 0 Å². The van der Waals surface area contributed by atoms with Crippen LogP contribution in [-0.2, 0) is 4.79 Å². The maximum atomic E-state index is 12.6. The van der Waals surface area contributed by atoms with Crippen molar-refractivity contribution in [1.82, 2.24) is 0 Å². The average Bonchev–Trinajstić information content (AvgIpc) is 2.59. The zero-order valence-corrected chi connectivity index (χ0v) is 12.6. The number of hydrogen-bond donors (Lipinski definition) is 0. The molecule has 2 aromatic carbocycles. The molecule has 1 unspecified atom stereocenters. The van der Waals surface area contributed by atoms with Crippen LogP contribution in [-0.4, -0.2) is 26.3 Å². The van der Waals surface area contributed by atoms with Crippen molar-refractivity contribution in [2.24, 2.45) is 0 Å². The summed E-state index contributed by atoms with van der Waals surface area (Å²) in [4.78, 5) is 24.0. The van der Waals surface area contributed by atoms with Crippen molar-refractivity contribution in [2.45, 2.75) is 12.3 Å². The molecule has 0 aromatic heterocycles. The number of Topliss-reactive ketones (excluding diaryl/α,β-unsaturated/α-hetero) is 1. The van der Waals surface area contributed by atoms with Gasteiger partial charge in [0.2, 0.25) is 0 Å². The smallest absolute Gasteiger partial charge is 0.171 e. The third-order valence-electron chi connectivity index (χ3n) is 3.50. The van der Waals surface area contributed by atoms with Gasteiger partial charge in [-0.1, -0.05) is 36.4 Å². The number of aldehydes is 1. The fraction of sp³-hybridized carbons (Fsp3) is 0.222.